The Hall–Kier alpha value is -1.39. The number of nitrogens with zero attached hydrogens (tertiary/aromatic N) is 1. The Morgan fingerprint density at radius 1 is 1.25 bits per heavy atom. The van der Waals surface area contributed by atoms with Crippen molar-refractivity contribution >= 4 is 11.3 Å². The molecule has 0 aliphatic carbocycles. The molecular weight excluding hydrogens is 268 g/mol. The summed E-state index contributed by atoms with van der Waals surface area (Å²) in [4.78, 5) is 5.68. The lowest BCUT2D eigenvalue weighted by atomic mass is 10.1. The van der Waals surface area contributed by atoms with Gasteiger partial charge in [-0.05, 0) is 37.8 Å². The van der Waals surface area contributed by atoms with Crippen LogP contribution in [0.5, 0.6) is 5.88 Å². The van der Waals surface area contributed by atoms with Crippen molar-refractivity contribution in [2.45, 2.75) is 39.3 Å². The monoisotopic (exact) mass is 290 g/mol. The van der Waals surface area contributed by atoms with E-state index in [0.29, 0.717) is 12.5 Å². The summed E-state index contributed by atoms with van der Waals surface area (Å²) >= 11 is 1.76. The van der Waals surface area contributed by atoms with Crippen LogP contribution in [0.2, 0.25) is 0 Å². The number of thiophene rings is 1. The molecule has 0 spiro atoms. The molecular formula is C16H22N2OS. The van der Waals surface area contributed by atoms with Crippen molar-refractivity contribution in [2.75, 3.05) is 6.61 Å². The van der Waals surface area contributed by atoms with Crippen LogP contribution in [0.1, 0.15) is 31.2 Å². The van der Waals surface area contributed by atoms with Gasteiger partial charge in [-0.3, -0.25) is 0 Å². The first-order valence-corrected chi connectivity index (χ1v) is 7.76. The van der Waals surface area contributed by atoms with Gasteiger partial charge in [0.2, 0.25) is 5.88 Å². The topological polar surface area (TPSA) is 34.1 Å². The second-order valence-corrected chi connectivity index (χ2v) is 6.82. The van der Waals surface area contributed by atoms with Crippen molar-refractivity contribution in [3.63, 3.8) is 0 Å². The quantitative estimate of drug-likeness (QED) is 0.881. The molecule has 3 nitrogen and oxygen atoms in total. The molecule has 2 aromatic heterocycles. The number of hydrogen-bond donors (Lipinski definition) is 1. The van der Waals surface area contributed by atoms with Gasteiger partial charge in [0.05, 0.1) is 6.61 Å². The zero-order chi connectivity index (χ0) is 14.4. The van der Waals surface area contributed by atoms with Crippen LogP contribution >= 0.6 is 11.3 Å². The van der Waals surface area contributed by atoms with Crippen LogP contribution < -0.4 is 10.1 Å². The minimum Gasteiger partial charge on any atom is -0.477 e. The smallest absolute Gasteiger partial charge is 0.213 e. The molecule has 0 aliphatic rings. The molecule has 2 rings (SSSR count). The molecule has 0 saturated carbocycles. The van der Waals surface area contributed by atoms with E-state index in [9.17, 15) is 0 Å². The zero-order valence-electron chi connectivity index (χ0n) is 12.3. The van der Waals surface area contributed by atoms with Gasteiger partial charge in [-0.1, -0.05) is 12.1 Å². The maximum Gasteiger partial charge on any atom is 0.213 e. The molecule has 0 radical (unpaired) electrons. The van der Waals surface area contributed by atoms with E-state index in [-0.39, 0.29) is 5.54 Å². The molecule has 0 aliphatic heterocycles. The van der Waals surface area contributed by atoms with Crippen LogP contribution in [0.3, 0.4) is 0 Å². The summed E-state index contributed by atoms with van der Waals surface area (Å²) in [5.74, 6) is 0.695. The van der Waals surface area contributed by atoms with Crippen LogP contribution in [0, 0.1) is 0 Å². The summed E-state index contributed by atoms with van der Waals surface area (Å²) in [7, 11) is 0. The Bertz CT molecular complexity index is 500. The molecule has 0 fully saturated rings. The predicted molar refractivity (Wildman–Crippen MR) is 84.3 cm³/mol. The molecule has 0 amide bonds. The summed E-state index contributed by atoms with van der Waals surface area (Å²) in [5, 5.41) is 5.53. The van der Waals surface area contributed by atoms with Crippen molar-refractivity contribution < 1.29 is 4.74 Å². The van der Waals surface area contributed by atoms with Gasteiger partial charge in [-0.15, -0.1) is 11.3 Å². The molecule has 2 heterocycles. The van der Waals surface area contributed by atoms with E-state index in [2.05, 4.69) is 54.7 Å². The Labute approximate surface area is 125 Å². The lowest BCUT2D eigenvalue weighted by Crippen LogP contribution is -2.35. The summed E-state index contributed by atoms with van der Waals surface area (Å²) in [6.07, 6.45) is 2.81. The third kappa shape index (κ3) is 5.31. The van der Waals surface area contributed by atoms with E-state index in [4.69, 9.17) is 4.74 Å². The molecule has 4 heteroatoms. The molecule has 2 aromatic rings. The summed E-state index contributed by atoms with van der Waals surface area (Å²) in [6.45, 7) is 7.96. The van der Waals surface area contributed by atoms with E-state index < -0.39 is 0 Å². The van der Waals surface area contributed by atoms with Crippen molar-refractivity contribution in [3.05, 3.63) is 46.3 Å². The van der Waals surface area contributed by atoms with Crippen molar-refractivity contribution in [1.82, 2.24) is 10.3 Å². The molecule has 0 atom stereocenters. The maximum absolute atomic E-state index is 5.65. The molecule has 0 aromatic carbocycles. The van der Waals surface area contributed by atoms with Gasteiger partial charge in [0.25, 0.3) is 0 Å². The van der Waals surface area contributed by atoms with Gasteiger partial charge in [-0.2, -0.15) is 0 Å². The van der Waals surface area contributed by atoms with Gasteiger partial charge < -0.3 is 10.1 Å². The number of hydrogen-bond acceptors (Lipinski definition) is 4. The van der Waals surface area contributed by atoms with E-state index in [0.717, 1.165) is 13.0 Å². The third-order valence-corrected chi connectivity index (χ3v) is 3.74. The van der Waals surface area contributed by atoms with Crippen LogP contribution in [-0.4, -0.2) is 17.1 Å². The molecule has 0 bridgehead atoms. The lowest BCUT2D eigenvalue weighted by molar-refractivity contribution is 0.310. The molecule has 0 saturated heterocycles. The van der Waals surface area contributed by atoms with E-state index in [1.54, 1.807) is 11.3 Å². The van der Waals surface area contributed by atoms with Gasteiger partial charge in [0.15, 0.2) is 0 Å². The van der Waals surface area contributed by atoms with E-state index >= 15 is 0 Å². The van der Waals surface area contributed by atoms with Crippen molar-refractivity contribution in [3.8, 4) is 5.88 Å². The molecule has 0 unspecified atom stereocenters. The van der Waals surface area contributed by atoms with Crippen LogP contribution in [-0.2, 0) is 13.0 Å². The highest BCUT2D eigenvalue weighted by molar-refractivity contribution is 7.09. The predicted octanol–water partition coefficient (Wildman–Crippen LogP) is 3.65. The maximum atomic E-state index is 5.65. The molecule has 20 heavy (non-hydrogen) atoms. The Morgan fingerprint density at radius 3 is 2.70 bits per heavy atom. The van der Waals surface area contributed by atoms with Crippen LogP contribution in [0.15, 0.2) is 35.8 Å². The molecule has 108 valence electrons. The summed E-state index contributed by atoms with van der Waals surface area (Å²) in [5.41, 5.74) is 1.29. The minimum atomic E-state index is 0.121. The van der Waals surface area contributed by atoms with Crippen LogP contribution in [0.4, 0.5) is 0 Å². The lowest BCUT2D eigenvalue weighted by Gasteiger charge is -2.20. The Balaban J connectivity index is 1.76. The van der Waals surface area contributed by atoms with Gasteiger partial charge >= 0.3 is 0 Å². The van der Waals surface area contributed by atoms with E-state index in [1.165, 1.54) is 10.4 Å². The second kappa shape index (κ2) is 6.86. The Morgan fingerprint density at radius 2 is 2.10 bits per heavy atom. The van der Waals surface area contributed by atoms with Crippen molar-refractivity contribution in [2.24, 2.45) is 0 Å². The number of ether oxygens (including phenoxy) is 1. The number of aromatic nitrogens is 1. The number of pyridine rings is 1. The minimum absolute atomic E-state index is 0.121. The Kier molecular flexibility index (Phi) is 5.15. The van der Waals surface area contributed by atoms with E-state index in [1.807, 2.05) is 12.3 Å². The molecule has 1 N–H and O–H groups in total. The normalized spacial score (nSPS) is 11.6. The fourth-order valence-electron chi connectivity index (χ4n) is 1.68. The first-order chi connectivity index (χ1) is 9.53. The fourth-order valence-corrected chi connectivity index (χ4v) is 2.37. The van der Waals surface area contributed by atoms with Gasteiger partial charge in [0, 0.05) is 35.6 Å². The SMILES string of the molecule is CC(C)(C)NCc1ccc(OCCc2cccs2)nc1. The van der Waals surface area contributed by atoms with Gasteiger partial charge in [0.1, 0.15) is 0 Å². The summed E-state index contributed by atoms with van der Waals surface area (Å²) < 4.78 is 5.65. The highest BCUT2D eigenvalue weighted by atomic mass is 32.1. The highest BCUT2D eigenvalue weighted by Gasteiger charge is 2.08. The summed E-state index contributed by atoms with van der Waals surface area (Å²) in [6, 6.07) is 8.19. The zero-order valence-corrected chi connectivity index (χ0v) is 13.2. The first kappa shape index (κ1) is 15.0. The second-order valence-electron chi connectivity index (χ2n) is 5.79. The highest BCUT2D eigenvalue weighted by Crippen LogP contribution is 2.12. The number of nitrogens with one attached hydrogen (secondary N) is 1. The average Bonchev–Trinajstić information content (AvgIpc) is 2.90. The van der Waals surface area contributed by atoms with Gasteiger partial charge in [-0.25, -0.2) is 4.98 Å². The van der Waals surface area contributed by atoms with Crippen LogP contribution in [0.25, 0.3) is 0 Å². The number of rotatable bonds is 6. The average molecular weight is 290 g/mol. The standard InChI is InChI=1S/C16H22N2OS/c1-16(2,3)18-12-13-6-7-15(17-11-13)19-9-8-14-5-4-10-20-14/h4-7,10-11,18H,8-9,12H2,1-3H3. The fraction of sp³-hybridized carbons (Fsp3) is 0.438. The third-order valence-electron chi connectivity index (χ3n) is 2.80. The first-order valence-electron chi connectivity index (χ1n) is 6.88. The largest absolute Gasteiger partial charge is 0.477 e. The van der Waals surface area contributed by atoms with Crippen molar-refractivity contribution in [1.29, 1.82) is 0 Å².